The van der Waals surface area contributed by atoms with Gasteiger partial charge >= 0.3 is 0 Å². The molecule has 0 bridgehead atoms. The summed E-state index contributed by atoms with van der Waals surface area (Å²) >= 11 is 0. The number of nitrogens with zero attached hydrogens (tertiary/aromatic N) is 3. The summed E-state index contributed by atoms with van der Waals surface area (Å²) in [4.78, 5) is 32.3. The molecule has 0 saturated heterocycles. The van der Waals surface area contributed by atoms with E-state index in [0.29, 0.717) is 25.8 Å². The van der Waals surface area contributed by atoms with E-state index in [1.165, 1.54) is 4.57 Å². The van der Waals surface area contributed by atoms with E-state index >= 15 is 0 Å². The summed E-state index contributed by atoms with van der Waals surface area (Å²) in [5, 5.41) is 3.01. The number of nitrogens with one attached hydrogen (secondary N) is 1. The van der Waals surface area contributed by atoms with E-state index in [-0.39, 0.29) is 11.4 Å². The van der Waals surface area contributed by atoms with Crippen LogP contribution in [0, 0.1) is 0 Å². The van der Waals surface area contributed by atoms with Gasteiger partial charge in [0, 0.05) is 36.7 Å². The number of aromatic nitrogens is 3. The lowest BCUT2D eigenvalue weighted by atomic mass is 10.2. The van der Waals surface area contributed by atoms with Crippen LogP contribution < -0.4 is 16.6 Å². The Bertz CT molecular complexity index is 741. The molecule has 0 saturated carbocycles. The van der Waals surface area contributed by atoms with Crippen LogP contribution >= 0.6 is 0 Å². The number of primary amides is 1. The average molecular weight is 299 g/mol. The summed E-state index contributed by atoms with van der Waals surface area (Å²) < 4.78 is 1.46. The van der Waals surface area contributed by atoms with Crippen molar-refractivity contribution in [3.63, 3.8) is 0 Å². The van der Waals surface area contributed by atoms with Gasteiger partial charge in [0.15, 0.2) is 5.82 Å². The SMILES string of the molecule is NC(=O)C1CCc2cnc(NCCc3ccccn3)c(=O)n21. The zero-order valence-electron chi connectivity index (χ0n) is 12.0. The monoisotopic (exact) mass is 299 g/mol. The zero-order valence-corrected chi connectivity index (χ0v) is 12.0. The Balaban J connectivity index is 1.74. The first-order chi connectivity index (χ1) is 10.7. The maximum atomic E-state index is 12.4. The molecule has 2 aromatic rings. The van der Waals surface area contributed by atoms with Crippen LogP contribution in [0.1, 0.15) is 23.9 Å². The van der Waals surface area contributed by atoms with E-state index in [1.807, 2.05) is 18.2 Å². The molecule has 3 rings (SSSR count). The molecule has 22 heavy (non-hydrogen) atoms. The lowest BCUT2D eigenvalue weighted by Crippen LogP contribution is -2.33. The Morgan fingerprint density at radius 2 is 2.27 bits per heavy atom. The smallest absolute Gasteiger partial charge is 0.294 e. The number of carbonyl (C=O) groups excluding carboxylic acids is 1. The fraction of sp³-hybridized carbons (Fsp3) is 0.333. The topological polar surface area (TPSA) is 103 Å². The lowest BCUT2D eigenvalue weighted by molar-refractivity contribution is -0.121. The zero-order chi connectivity index (χ0) is 15.5. The molecule has 0 radical (unpaired) electrons. The number of amides is 1. The second-order valence-corrected chi connectivity index (χ2v) is 5.23. The van der Waals surface area contributed by atoms with Crippen molar-refractivity contribution in [2.24, 2.45) is 5.73 Å². The van der Waals surface area contributed by atoms with Crippen molar-refractivity contribution in [1.29, 1.82) is 0 Å². The molecule has 7 heteroatoms. The molecular formula is C15H17N5O2. The highest BCUT2D eigenvalue weighted by atomic mass is 16.2. The summed E-state index contributed by atoms with van der Waals surface area (Å²) in [7, 11) is 0. The molecule has 1 atom stereocenters. The van der Waals surface area contributed by atoms with Gasteiger partial charge in [-0.2, -0.15) is 0 Å². The maximum Gasteiger partial charge on any atom is 0.294 e. The van der Waals surface area contributed by atoms with Crippen molar-refractivity contribution in [3.05, 3.63) is 52.3 Å². The number of anilines is 1. The molecule has 0 aliphatic carbocycles. The molecule has 3 N–H and O–H groups in total. The molecule has 0 aromatic carbocycles. The van der Waals surface area contributed by atoms with Gasteiger partial charge in [-0.05, 0) is 25.0 Å². The van der Waals surface area contributed by atoms with E-state index in [0.717, 1.165) is 11.4 Å². The van der Waals surface area contributed by atoms with Crippen LogP contribution in [-0.4, -0.2) is 27.0 Å². The summed E-state index contributed by atoms with van der Waals surface area (Å²) in [6, 6.07) is 5.13. The Hall–Kier alpha value is -2.70. The number of rotatable bonds is 5. The third-order valence-electron chi connectivity index (χ3n) is 3.79. The van der Waals surface area contributed by atoms with Crippen molar-refractivity contribution in [3.8, 4) is 0 Å². The van der Waals surface area contributed by atoms with Gasteiger partial charge in [-0.1, -0.05) is 6.07 Å². The molecule has 7 nitrogen and oxygen atoms in total. The van der Waals surface area contributed by atoms with Gasteiger partial charge in [-0.25, -0.2) is 4.98 Å². The van der Waals surface area contributed by atoms with E-state index in [4.69, 9.17) is 5.73 Å². The van der Waals surface area contributed by atoms with Crippen LogP contribution in [0.2, 0.25) is 0 Å². The third-order valence-corrected chi connectivity index (χ3v) is 3.79. The maximum absolute atomic E-state index is 12.4. The number of hydrogen-bond donors (Lipinski definition) is 2. The van der Waals surface area contributed by atoms with Crippen molar-refractivity contribution in [1.82, 2.24) is 14.5 Å². The second-order valence-electron chi connectivity index (χ2n) is 5.23. The van der Waals surface area contributed by atoms with Crippen LogP contribution in [-0.2, 0) is 17.6 Å². The first kappa shape index (κ1) is 14.2. The van der Waals surface area contributed by atoms with E-state index in [9.17, 15) is 9.59 Å². The molecule has 1 aliphatic rings. The first-order valence-corrected chi connectivity index (χ1v) is 7.20. The number of nitrogens with two attached hydrogens (primary N) is 1. The van der Waals surface area contributed by atoms with Gasteiger partial charge in [0.1, 0.15) is 6.04 Å². The minimum Gasteiger partial charge on any atom is -0.368 e. The van der Waals surface area contributed by atoms with Gasteiger partial charge < -0.3 is 11.1 Å². The van der Waals surface area contributed by atoms with Crippen molar-refractivity contribution >= 4 is 11.7 Å². The third kappa shape index (κ3) is 2.69. The fourth-order valence-electron chi connectivity index (χ4n) is 2.69. The largest absolute Gasteiger partial charge is 0.368 e. The number of carbonyl (C=O) groups is 1. The minimum absolute atomic E-state index is 0.243. The van der Waals surface area contributed by atoms with E-state index < -0.39 is 11.9 Å². The van der Waals surface area contributed by atoms with Crippen LogP contribution in [0.5, 0.6) is 0 Å². The second kappa shape index (κ2) is 5.97. The van der Waals surface area contributed by atoms with Gasteiger partial charge in [0.05, 0.1) is 0 Å². The van der Waals surface area contributed by atoms with Crippen molar-refractivity contribution < 1.29 is 4.79 Å². The quantitative estimate of drug-likeness (QED) is 0.824. The Labute approximate surface area is 127 Å². The molecule has 114 valence electrons. The Morgan fingerprint density at radius 1 is 1.41 bits per heavy atom. The predicted molar refractivity (Wildman–Crippen MR) is 81.5 cm³/mol. The predicted octanol–water partition coefficient (Wildman–Crippen LogP) is 0.265. The average Bonchev–Trinajstić information content (AvgIpc) is 2.96. The summed E-state index contributed by atoms with van der Waals surface area (Å²) in [6.45, 7) is 0.542. The molecule has 0 fully saturated rings. The van der Waals surface area contributed by atoms with Gasteiger partial charge in [-0.15, -0.1) is 0 Å². The molecule has 1 unspecified atom stereocenters. The Morgan fingerprint density at radius 3 is 3.00 bits per heavy atom. The molecule has 3 heterocycles. The molecule has 0 spiro atoms. The highest BCUT2D eigenvalue weighted by molar-refractivity contribution is 5.79. The van der Waals surface area contributed by atoms with Gasteiger partial charge in [0.25, 0.3) is 5.56 Å². The van der Waals surface area contributed by atoms with Crippen LogP contribution in [0.4, 0.5) is 5.82 Å². The molecule has 1 aliphatic heterocycles. The van der Waals surface area contributed by atoms with Gasteiger partial charge in [-0.3, -0.25) is 19.1 Å². The fourth-order valence-corrected chi connectivity index (χ4v) is 2.69. The molecular weight excluding hydrogens is 282 g/mol. The Kier molecular flexibility index (Phi) is 3.86. The molecule has 1 amide bonds. The molecule has 2 aromatic heterocycles. The summed E-state index contributed by atoms with van der Waals surface area (Å²) in [5.74, 6) is -0.237. The summed E-state index contributed by atoms with van der Waals surface area (Å²) in [5.41, 5.74) is 6.76. The van der Waals surface area contributed by atoms with Crippen LogP contribution in [0.3, 0.4) is 0 Å². The van der Waals surface area contributed by atoms with Gasteiger partial charge in [0.2, 0.25) is 5.91 Å². The van der Waals surface area contributed by atoms with E-state index in [2.05, 4.69) is 15.3 Å². The van der Waals surface area contributed by atoms with Crippen molar-refractivity contribution in [2.45, 2.75) is 25.3 Å². The minimum atomic E-state index is -0.568. The highest BCUT2D eigenvalue weighted by Gasteiger charge is 2.28. The number of pyridine rings is 1. The normalized spacial score (nSPS) is 16.3. The standard InChI is InChI=1S/C15H17N5O2/c16-13(21)12-5-4-11-9-19-14(15(22)20(11)12)18-8-6-10-3-1-2-7-17-10/h1-3,7,9,12H,4-6,8H2,(H2,16,21)(H,18,19). The number of fused-ring (bicyclic) bond motifs is 1. The van der Waals surface area contributed by atoms with Crippen LogP contribution in [0.15, 0.2) is 35.4 Å². The number of aryl methyl sites for hydroxylation is 1. The summed E-state index contributed by atoms with van der Waals surface area (Å²) in [6.07, 6.45) is 5.25. The van der Waals surface area contributed by atoms with Crippen LogP contribution in [0.25, 0.3) is 0 Å². The first-order valence-electron chi connectivity index (χ1n) is 7.20. The highest BCUT2D eigenvalue weighted by Crippen LogP contribution is 2.23. The lowest BCUT2D eigenvalue weighted by Gasteiger charge is -2.12. The van der Waals surface area contributed by atoms with Crippen molar-refractivity contribution in [2.75, 3.05) is 11.9 Å². The number of hydrogen-bond acceptors (Lipinski definition) is 5. The van der Waals surface area contributed by atoms with E-state index in [1.54, 1.807) is 12.4 Å².